The molecule has 0 N–H and O–H groups in total. The van der Waals surface area contributed by atoms with E-state index in [1.165, 1.54) is 0 Å². The SMILES string of the molecule is CC1(C(=O)OC2CC2)c2ccccc2Oc2ccccc21. The highest BCUT2D eigenvalue weighted by Gasteiger charge is 2.47. The number of benzene rings is 2. The summed E-state index contributed by atoms with van der Waals surface area (Å²) in [4.78, 5) is 12.8. The second kappa shape index (κ2) is 4.35. The lowest BCUT2D eigenvalue weighted by Crippen LogP contribution is -2.38. The van der Waals surface area contributed by atoms with Gasteiger partial charge in [-0.15, -0.1) is 0 Å². The van der Waals surface area contributed by atoms with Gasteiger partial charge in [0, 0.05) is 11.1 Å². The van der Waals surface area contributed by atoms with Crippen molar-refractivity contribution in [2.45, 2.75) is 31.3 Å². The number of para-hydroxylation sites is 2. The molecule has 3 nitrogen and oxygen atoms in total. The van der Waals surface area contributed by atoms with Gasteiger partial charge < -0.3 is 9.47 Å². The zero-order chi connectivity index (χ0) is 14.4. The number of carbonyl (C=O) groups is 1. The van der Waals surface area contributed by atoms with Gasteiger partial charge in [0.2, 0.25) is 0 Å². The third-order valence-corrected chi connectivity index (χ3v) is 4.28. The van der Waals surface area contributed by atoms with Gasteiger partial charge in [-0.25, -0.2) is 0 Å². The molecule has 1 aliphatic heterocycles. The first-order chi connectivity index (χ1) is 10.2. The van der Waals surface area contributed by atoms with Crippen molar-refractivity contribution in [3.63, 3.8) is 0 Å². The highest BCUT2D eigenvalue weighted by molar-refractivity contribution is 5.90. The highest BCUT2D eigenvalue weighted by atomic mass is 16.6. The Hall–Kier alpha value is -2.29. The van der Waals surface area contributed by atoms with Crippen molar-refractivity contribution in [1.82, 2.24) is 0 Å². The minimum Gasteiger partial charge on any atom is -0.461 e. The maximum atomic E-state index is 12.8. The Labute approximate surface area is 123 Å². The molecule has 4 rings (SSSR count). The Morgan fingerprint density at radius 2 is 1.57 bits per heavy atom. The predicted molar refractivity (Wildman–Crippen MR) is 78.5 cm³/mol. The molecular weight excluding hydrogens is 264 g/mol. The fourth-order valence-electron chi connectivity index (χ4n) is 2.88. The van der Waals surface area contributed by atoms with Crippen LogP contribution in [0.2, 0.25) is 0 Å². The molecule has 106 valence electrons. The largest absolute Gasteiger partial charge is 0.461 e. The molecule has 1 heterocycles. The van der Waals surface area contributed by atoms with Crippen LogP contribution in [0.1, 0.15) is 30.9 Å². The first kappa shape index (κ1) is 12.5. The number of hydrogen-bond donors (Lipinski definition) is 0. The van der Waals surface area contributed by atoms with Gasteiger partial charge in [-0.2, -0.15) is 0 Å². The van der Waals surface area contributed by atoms with Crippen LogP contribution in [-0.2, 0) is 14.9 Å². The van der Waals surface area contributed by atoms with Gasteiger partial charge in [0.25, 0.3) is 0 Å². The smallest absolute Gasteiger partial charge is 0.321 e. The minimum absolute atomic E-state index is 0.0940. The summed E-state index contributed by atoms with van der Waals surface area (Å²) in [6.45, 7) is 1.93. The quantitative estimate of drug-likeness (QED) is 0.785. The summed E-state index contributed by atoms with van der Waals surface area (Å²) in [5.41, 5.74) is 0.928. The molecule has 0 bridgehead atoms. The van der Waals surface area contributed by atoms with Crippen LogP contribution in [0.3, 0.4) is 0 Å². The van der Waals surface area contributed by atoms with Crippen LogP contribution >= 0.6 is 0 Å². The van der Waals surface area contributed by atoms with Gasteiger partial charge in [0.05, 0.1) is 0 Å². The molecule has 2 aromatic rings. The van der Waals surface area contributed by atoms with E-state index in [0.717, 1.165) is 35.5 Å². The van der Waals surface area contributed by atoms with Crippen LogP contribution in [0, 0.1) is 0 Å². The van der Waals surface area contributed by atoms with Gasteiger partial charge >= 0.3 is 5.97 Å². The molecular formula is C18H16O3. The van der Waals surface area contributed by atoms with Crippen molar-refractivity contribution in [2.75, 3.05) is 0 Å². The highest BCUT2D eigenvalue weighted by Crippen LogP contribution is 2.49. The van der Waals surface area contributed by atoms with Crippen molar-refractivity contribution in [3.8, 4) is 11.5 Å². The van der Waals surface area contributed by atoms with Crippen molar-refractivity contribution in [2.24, 2.45) is 0 Å². The monoisotopic (exact) mass is 280 g/mol. The summed E-state index contributed by atoms with van der Waals surface area (Å²) >= 11 is 0. The maximum Gasteiger partial charge on any atom is 0.321 e. The fourth-order valence-corrected chi connectivity index (χ4v) is 2.88. The molecule has 2 aliphatic rings. The van der Waals surface area contributed by atoms with Crippen LogP contribution in [0.5, 0.6) is 11.5 Å². The van der Waals surface area contributed by atoms with Crippen molar-refractivity contribution in [3.05, 3.63) is 59.7 Å². The standard InChI is InChI=1S/C18H16O3/c1-18(17(19)20-12-10-11-12)13-6-2-4-8-15(13)21-16-9-5-3-7-14(16)18/h2-9,12H,10-11H2,1H3. The first-order valence-electron chi connectivity index (χ1n) is 7.27. The molecule has 3 heteroatoms. The summed E-state index contributed by atoms with van der Waals surface area (Å²) in [7, 11) is 0. The zero-order valence-electron chi connectivity index (χ0n) is 11.8. The molecule has 0 amide bonds. The maximum absolute atomic E-state index is 12.8. The van der Waals surface area contributed by atoms with Gasteiger partial charge in [-0.1, -0.05) is 36.4 Å². The average Bonchev–Trinajstić information content (AvgIpc) is 3.31. The second-order valence-corrected chi connectivity index (χ2v) is 5.82. The Morgan fingerprint density at radius 1 is 1.05 bits per heavy atom. The van der Waals surface area contributed by atoms with E-state index < -0.39 is 5.41 Å². The third kappa shape index (κ3) is 1.84. The third-order valence-electron chi connectivity index (χ3n) is 4.28. The van der Waals surface area contributed by atoms with E-state index in [1.807, 2.05) is 55.5 Å². The molecule has 2 aromatic carbocycles. The number of hydrogen-bond acceptors (Lipinski definition) is 3. The van der Waals surface area contributed by atoms with E-state index in [9.17, 15) is 4.79 Å². The van der Waals surface area contributed by atoms with E-state index in [2.05, 4.69) is 0 Å². The van der Waals surface area contributed by atoms with Crippen molar-refractivity contribution >= 4 is 5.97 Å². The van der Waals surface area contributed by atoms with E-state index in [4.69, 9.17) is 9.47 Å². The lowest BCUT2D eigenvalue weighted by molar-refractivity contribution is -0.149. The molecule has 0 radical (unpaired) electrons. The van der Waals surface area contributed by atoms with Gasteiger partial charge in [-0.05, 0) is 31.9 Å². The van der Waals surface area contributed by atoms with Gasteiger partial charge in [0.15, 0.2) is 0 Å². The predicted octanol–water partition coefficient (Wildman–Crippen LogP) is 3.80. The van der Waals surface area contributed by atoms with Crippen LogP contribution in [0.4, 0.5) is 0 Å². The lowest BCUT2D eigenvalue weighted by Gasteiger charge is -2.35. The normalized spacial score (nSPS) is 18.1. The number of rotatable bonds is 2. The summed E-state index contributed by atoms with van der Waals surface area (Å²) in [6.07, 6.45) is 2.04. The molecule has 21 heavy (non-hydrogen) atoms. The summed E-state index contributed by atoms with van der Waals surface area (Å²) in [5, 5.41) is 0. The topological polar surface area (TPSA) is 35.5 Å². The van der Waals surface area contributed by atoms with Crippen LogP contribution < -0.4 is 4.74 Å². The Kier molecular flexibility index (Phi) is 2.58. The number of ether oxygens (including phenoxy) is 2. The lowest BCUT2D eigenvalue weighted by atomic mass is 9.74. The number of carbonyl (C=O) groups excluding carboxylic acids is 1. The Morgan fingerprint density at radius 3 is 2.10 bits per heavy atom. The second-order valence-electron chi connectivity index (χ2n) is 5.82. The van der Waals surface area contributed by atoms with E-state index in [0.29, 0.717) is 0 Å². The van der Waals surface area contributed by atoms with E-state index >= 15 is 0 Å². The molecule has 1 fully saturated rings. The van der Waals surface area contributed by atoms with Gasteiger partial charge in [0.1, 0.15) is 23.0 Å². The molecule has 1 aliphatic carbocycles. The summed E-state index contributed by atoms with van der Waals surface area (Å²) < 4.78 is 11.6. The summed E-state index contributed by atoms with van der Waals surface area (Å²) in [5.74, 6) is 1.27. The van der Waals surface area contributed by atoms with Crippen molar-refractivity contribution in [1.29, 1.82) is 0 Å². The van der Waals surface area contributed by atoms with Crippen molar-refractivity contribution < 1.29 is 14.3 Å². The molecule has 0 saturated heterocycles. The number of fused-ring (bicyclic) bond motifs is 2. The van der Waals surface area contributed by atoms with Gasteiger partial charge in [-0.3, -0.25) is 4.79 Å². The van der Waals surface area contributed by atoms with E-state index in [-0.39, 0.29) is 12.1 Å². The molecule has 0 atom stereocenters. The molecule has 0 aromatic heterocycles. The Bertz CT molecular complexity index is 670. The van der Waals surface area contributed by atoms with Crippen LogP contribution in [0.15, 0.2) is 48.5 Å². The molecule has 0 spiro atoms. The molecule has 1 saturated carbocycles. The van der Waals surface area contributed by atoms with E-state index in [1.54, 1.807) is 0 Å². The average molecular weight is 280 g/mol. The molecule has 0 unspecified atom stereocenters. The Balaban J connectivity index is 1.89. The number of esters is 1. The summed E-state index contributed by atoms with van der Waals surface area (Å²) in [6, 6.07) is 15.4. The fraction of sp³-hybridized carbons (Fsp3) is 0.278. The first-order valence-corrected chi connectivity index (χ1v) is 7.27. The van der Waals surface area contributed by atoms with Crippen LogP contribution in [-0.4, -0.2) is 12.1 Å². The van der Waals surface area contributed by atoms with Crippen LogP contribution in [0.25, 0.3) is 0 Å². The zero-order valence-corrected chi connectivity index (χ0v) is 11.8. The minimum atomic E-state index is -0.811.